The summed E-state index contributed by atoms with van der Waals surface area (Å²) in [5.41, 5.74) is 0.354. The number of halogens is 5. The zero-order valence-corrected chi connectivity index (χ0v) is 19.7. The molecule has 0 bridgehead atoms. The lowest BCUT2D eigenvalue weighted by Gasteiger charge is -2.27. The predicted octanol–water partition coefficient (Wildman–Crippen LogP) is 5.42. The fourth-order valence-corrected chi connectivity index (χ4v) is 4.47. The number of alkyl halides is 3. The van der Waals surface area contributed by atoms with Crippen LogP contribution in [0.2, 0.25) is 5.02 Å². The summed E-state index contributed by atoms with van der Waals surface area (Å²) in [6, 6.07) is 7.35. The fourth-order valence-electron chi connectivity index (χ4n) is 4.34. The molecule has 192 valence electrons. The molecular formula is C24H23ClF4N4O3. The summed E-state index contributed by atoms with van der Waals surface area (Å²) in [5.74, 6) is -3.85. The van der Waals surface area contributed by atoms with Crippen molar-refractivity contribution >= 4 is 46.5 Å². The van der Waals surface area contributed by atoms with Gasteiger partial charge in [0.25, 0.3) is 0 Å². The second-order valence-corrected chi connectivity index (χ2v) is 9.17. The first-order valence-corrected chi connectivity index (χ1v) is 11.7. The quantitative estimate of drug-likeness (QED) is 0.522. The Balaban J connectivity index is 1.50. The normalized spacial score (nSPS) is 20.4. The third-order valence-corrected chi connectivity index (χ3v) is 6.52. The molecule has 2 aliphatic rings. The molecule has 12 heteroatoms. The molecule has 7 nitrogen and oxygen atoms in total. The van der Waals surface area contributed by atoms with Gasteiger partial charge >= 0.3 is 12.2 Å². The van der Waals surface area contributed by atoms with E-state index >= 15 is 0 Å². The van der Waals surface area contributed by atoms with Crippen molar-refractivity contribution in [3.63, 3.8) is 0 Å². The van der Waals surface area contributed by atoms with Gasteiger partial charge in [-0.25, -0.2) is 9.18 Å². The molecule has 2 aliphatic heterocycles. The minimum atomic E-state index is -4.62. The number of amides is 4. The standard InChI is InChI=1S/C24H23ClF4N4O3/c25-15-4-6-16(7-5-15)30-23(36)33-13-14(24(27,28)29)11-20(33)22(35)31-19-9-8-17(12-18(19)26)32-10-2-1-3-21(32)34/h4-9,12,14,20H,1-3,10-11,13H2,(H,30,36)(H,31,35). The third kappa shape index (κ3) is 5.72. The number of carbonyl (C=O) groups is 3. The van der Waals surface area contributed by atoms with Gasteiger partial charge in [-0.05, 0) is 61.7 Å². The van der Waals surface area contributed by atoms with E-state index in [-0.39, 0.29) is 17.3 Å². The van der Waals surface area contributed by atoms with Gasteiger partial charge in [-0.15, -0.1) is 0 Å². The number of likely N-dealkylation sites (tertiary alicyclic amines) is 1. The molecule has 0 saturated carbocycles. The minimum absolute atomic E-state index is 0.135. The van der Waals surface area contributed by atoms with E-state index < -0.39 is 48.9 Å². The van der Waals surface area contributed by atoms with Crippen molar-refractivity contribution in [2.75, 3.05) is 28.6 Å². The van der Waals surface area contributed by atoms with E-state index in [4.69, 9.17) is 11.6 Å². The van der Waals surface area contributed by atoms with Gasteiger partial charge in [0.15, 0.2) is 0 Å². The van der Waals surface area contributed by atoms with Crippen LogP contribution in [-0.2, 0) is 9.59 Å². The van der Waals surface area contributed by atoms with Crippen LogP contribution < -0.4 is 15.5 Å². The number of urea groups is 1. The maximum absolute atomic E-state index is 14.8. The Morgan fingerprint density at radius 3 is 2.39 bits per heavy atom. The number of nitrogens with one attached hydrogen (secondary N) is 2. The zero-order valence-electron chi connectivity index (χ0n) is 18.9. The first kappa shape index (κ1) is 25.7. The van der Waals surface area contributed by atoms with Crippen LogP contribution in [-0.4, -0.2) is 48.1 Å². The van der Waals surface area contributed by atoms with Crippen molar-refractivity contribution in [1.82, 2.24) is 4.90 Å². The molecule has 2 aromatic carbocycles. The maximum Gasteiger partial charge on any atom is 0.393 e. The smallest absolute Gasteiger partial charge is 0.322 e. The fraction of sp³-hybridized carbons (Fsp3) is 0.375. The van der Waals surface area contributed by atoms with Crippen LogP contribution in [0.5, 0.6) is 0 Å². The van der Waals surface area contributed by atoms with Gasteiger partial charge in [-0.3, -0.25) is 9.59 Å². The van der Waals surface area contributed by atoms with Gasteiger partial charge in [0.1, 0.15) is 11.9 Å². The molecule has 0 spiro atoms. The molecule has 36 heavy (non-hydrogen) atoms. The van der Waals surface area contributed by atoms with Gasteiger partial charge in [0, 0.05) is 35.9 Å². The summed E-state index contributed by atoms with van der Waals surface area (Å²) in [6.45, 7) is -0.276. The lowest BCUT2D eigenvalue weighted by atomic mass is 10.0. The molecule has 0 aromatic heterocycles. The minimum Gasteiger partial charge on any atom is -0.322 e. The van der Waals surface area contributed by atoms with E-state index in [0.717, 1.165) is 23.8 Å². The van der Waals surface area contributed by atoms with Gasteiger partial charge in [-0.1, -0.05) is 11.6 Å². The Bertz CT molecular complexity index is 1160. The summed E-state index contributed by atoms with van der Waals surface area (Å²) < 4.78 is 55.1. The molecule has 4 rings (SSSR count). The molecule has 0 radical (unpaired) electrons. The van der Waals surface area contributed by atoms with Crippen molar-refractivity contribution in [3.05, 3.63) is 53.3 Å². The number of piperidine rings is 1. The summed E-state index contributed by atoms with van der Waals surface area (Å²) >= 11 is 5.81. The summed E-state index contributed by atoms with van der Waals surface area (Å²) in [6.07, 6.45) is -3.39. The summed E-state index contributed by atoms with van der Waals surface area (Å²) in [7, 11) is 0. The van der Waals surface area contributed by atoms with E-state index in [9.17, 15) is 31.9 Å². The number of rotatable bonds is 4. The highest BCUT2D eigenvalue weighted by Gasteiger charge is 2.51. The monoisotopic (exact) mass is 526 g/mol. The highest BCUT2D eigenvalue weighted by atomic mass is 35.5. The molecule has 2 saturated heterocycles. The topological polar surface area (TPSA) is 81.8 Å². The van der Waals surface area contributed by atoms with Crippen LogP contribution in [0.4, 0.5) is 39.4 Å². The van der Waals surface area contributed by atoms with E-state index in [1.165, 1.54) is 41.3 Å². The summed E-state index contributed by atoms with van der Waals surface area (Å²) in [4.78, 5) is 40.1. The highest BCUT2D eigenvalue weighted by molar-refractivity contribution is 6.30. The van der Waals surface area contributed by atoms with Gasteiger partial charge in [-0.2, -0.15) is 13.2 Å². The first-order valence-electron chi connectivity index (χ1n) is 11.3. The van der Waals surface area contributed by atoms with E-state index in [2.05, 4.69) is 10.6 Å². The van der Waals surface area contributed by atoms with Crippen molar-refractivity contribution in [1.29, 1.82) is 0 Å². The van der Waals surface area contributed by atoms with Crippen molar-refractivity contribution in [2.45, 2.75) is 37.9 Å². The second kappa shape index (κ2) is 10.3. The Kier molecular flexibility index (Phi) is 7.39. The number of carbonyl (C=O) groups excluding carboxylic acids is 3. The maximum atomic E-state index is 14.8. The zero-order chi connectivity index (χ0) is 26.0. The number of nitrogens with zero attached hydrogens (tertiary/aromatic N) is 2. The van der Waals surface area contributed by atoms with Crippen LogP contribution in [0.3, 0.4) is 0 Å². The first-order chi connectivity index (χ1) is 17.0. The molecule has 2 heterocycles. The SMILES string of the molecule is O=C(Nc1ccc(N2CCCCC2=O)cc1F)C1CC(C(F)(F)F)CN1C(=O)Nc1ccc(Cl)cc1. The average Bonchev–Trinajstić information content (AvgIpc) is 3.29. The molecular weight excluding hydrogens is 504 g/mol. The van der Waals surface area contributed by atoms with Crippen LogP contribution in [0.1, 0.15) is 25.7 Å². The average molecular weight is 527 g/mol. The largest absolute Gasteiger partial charge is 0.393 e. The number of hydrogen-bond donors (Lipinski definition) is 2. The third-order valence-electron chi connectivity index (χ3n) is 6.27. The predicted molar refractivity (Wildman–Crippen MR) is 126 cm³/mol. The van der Waals surface area contributed by atoms with Crippen LogP contribution in [0, 0.1) is 11.7 Å². The summed E-state index contributed by atoms with van der Waals surface area (Å²) in [5, 5.41) is 5.16. The van der Waals surface area contributed by atoms with Crippen LogP contribution in [0.15, 0.2) is 42.5 Å². The van der Waals surface area contributed by atoms with Crippen molar-refractivity contribution in [2.24, 2.45) is 5.92 Å². The Morgan fingerprint density at radius 2 is 1.75 bits per heavy atom. The Morgan fingerprint density at radius 1 is 1.03 bits per heavy atom. The Labute approximate surface area is 209 Å². The number of hydrogen-bond acceptors (Lipinski definition) is 3. The molecule has 2 fully saturated rings. The lowest BCUT2D eigenvalue weighted by Crippen LogP contribution is -2.45. The molecule has 4 amide bonds. The lowest BCUT2D eigenvalue weighted by molar-refractivity contribution is -0.170. The van der Waals surface area contributed by atoms with Crippen LogP contribution >= 0.6 is 11.6 Å². The second-order valence-electron chi connectivity index (χ2n) is 8.74. The number of benzene rings is 2. The van der Waals surface area contributed by atoms with Crippen molar-refractivity contribution < 1.29 is 31.9 Å². The van der Waals surface area contributed by atoms with Crippen molar-refractivity contribution in [3.8, 4) is 0 Å². The number of anilines is 3. The molecule has 2 atom stereocenters. The van der Waals surface area contributed by atoms with Crippen LogP contribution in [0.25, 0.3) is 0 Å². The highest BCUT2D eigenvalue weighted by Crippen LogP contribution is 2.37. The molecule has 0 aliphatic carbocycles. The molecule has 2 aromatic rings. The van der Waals surface area contributed by atoms with E-state index in [0.29, 0.717) is 23.7 Å². The Hall–Kier alpha value is -3.34. The molecule has 2 N–H and O–H groups in total. The van der Waals surface area contributed by atoms with E-state index in [1.807, 2.05) is 0 Å². The van der Waals surface area contributed by atoms with Gasteiger partial charge in [0.2, 0.25) is 11.8 Å². The van der Waals surface area contributed by atoms with E-state index in [1.54, 1.807) is 0 Å². The molecule has 2 unspecified atom stereocenters. The van der Waals surface area contributed by atoms with Gasteiger partial charge < -0.3 is 20.4 Å². The van der Waals surface area contributed by atoms with Gasteiger partial charge in [0.05, 0.1) is 11.6 Å².